The molecule has 6 nitrogen and oxygen atoms in total. The van der Waals surface area contributed by atoms with Gasteiger partial charge in [-0.25, -0.2) is 0 Å². The number of rotatable bonds is 4. The van der Waals surface area contributed by atoms with Gasteiger partial charge in [-0.15, -0.1) is 0 Å². The summed E-state index contributed by atoms with van der Waals surface area (Å²) in [7, 11) is 1.53. The minimum absolute atomic E-state index is 0.00185. The van der Waals surface area contributed by atoms with Gasteiger partial charge in [-0.1, -0.05) is 13.8 Å². The predicted molar refractivity (Wildman–Crippen MR) is 72.5 cm³/mol. The largest absolute Gasteiger partial charge is 0.383 e. The van der Waals surface area contributed by atoms with Gasteiger partial charge in [0.2, 0.25) is 11.8 Å². The first-order valence-corrected chi connectivity index (χ1v) is 6.79. The number of ether oxygens (including phenoxy) is 1. The summed E-state index contributed by atoms with van der Waals surface area (Å²) in [4.78, 5) is 27.6. The monoisotopic (exact) mass is 271 g/mol. The highest BCUT2D eigenvalue weighted by Gasteiger charge is 2.25. The first-order valence-electron chi connectivity index (χ1n) is 6.79. The van der Waals surface area contributed by atoms with Crippen molar-refractivity contribution in [2.24, 2.45) is 11.7 Å². The maximum Gasteiger partial charge on any atom is 0.241 e. The molecule has 0 radical (unpaired) electrons. The molecule has 0 aliphatic carbocycles. The lowest BCUT2D eigenvalue weighted by Gasteiger charge is -2.25. The zero-order chi connectivity index (χ0) is 14.4. The number of hydrogen-bond donors (Lipinski definition) is 1. The molecule has 0 saturated carbocycles. The SMILES string of the molecule is COCC(N)C(=O)N1CCCN(C(=O)C(C)C)CC1. The average Bonchev–Trinajstić information content (AvgIpc) is 2.62. The minimum atomic E-state index is -0.614. The van der Waals surface area contributed by atoms with Crippen LogP contribution < -0.4 is 5.73 Å². The normalized spacial score (nSPS) is 18.4. The van der Waals surface area contributed by atoms with Crippen molar-refractivity contribution in [1.29, 1.82) is 0 Å². The number of nitrogens with zero attached hydrogens (tertiary/aromatic N) is 2. The van der Waals surface area contributed by atoms with Crippen LogP contribution >= 0.6 is 0 Å². The second-order valence-electron chi connectivity index (χ2n) is 5.22. The minimum Gasteiger partial charge on any atom is -0.383 e. The van der Waals surface area contributed by atoms with E-state index in [9.17, 15) is 9.59 Å². The van der Waals surface area contributed by atoms with E-state index in [0.717, 1.165) is 6.42 Å². The number of carbonyl (C=O) groups is 2. The second-order valence-corrected chi connectivity index (χ2v) is 5.22. The number of nitrogens with two attached hydrogens (primary N) is 1. The van der Waals surface area contributed by atoms with Crippen molar-refractivity contribution in [3.8, 4) is 0 Å². The van der Waals surface area contributed by atoms with Gasteiger partial charge in [-0.05, 0) is 6.42 Å². The van der Waals surface area contributed by atoms with Crippen molar-refractivity contribution >= 4 is 11.8 Å². The van der Waals surface area contributed by atoms with Crippen LogP contribution in [-0.4, -0.2) is 67.6 Å². The third-order valence-electron chi connectivity index (χ3n) is 3.28. The van der Waals surface area contributed by atoms with Gasteiger partial charge in [-0.2, -0.15) is 0 Å². The molecule has 2 amide bonds. The number of hydrogen-bond acceptors (Lipinski definition) is 4. The van der Waals surface area contributed by atoms with Gasteiger partial charge in [0.15, 0.2) is 0 Å². The summed E-state index contributed by atoms with van der Waals surface area (Å²) in [5, 5.41) is 0. The molecule has 1 saturated heterocycles. The Balaban J connectivity index is 2.54. The fraction of sp³-hybridized carbons (Fsp3) is 0.846. The molecule has 0 aromatic rings. The van der Waals surface area contributed by atoms with Crippen LogP contribution in [0.5, 0.6) is 0 Å². The van der Waals surface area contributed by atoms with E-state index in [4.69, 9.17) is 10.5 Å². The first-order chi connectivity index (χ1) is 8.97. The summed E-state index contributed by atoms with van der Waals surface area (Å²) in [5.41, 5.74) is 5.76. The van der Waals surface area contributed by atoms with E-state index < -0.39 is 6.04 Å². The van der Waals surface area contributed by atoms with Gasteiger partial charge in [-0.3, -0.25) is 9.59 Å². The summed E-state index contributed by atoms with van der Waals surface area (Å²) >= 11 is 0. The van der Waals surface area contributed by atoms with Crippen LogP contribution in [0.15, 0.2) is 0 Å². The van der Waals surface area contributed by atoms with Crippen LogP contribution in [0.1, 0.15) is 20.3 Å². The van der Waals surface area contributed by atoms with Crippen molar-refractivity contribution in [3.63, 3.8) is 0 Å². The Hall–Kier alpha value is -1.14. The topological polar surface area (TPSA) is 75.9 Å². The summed E-state index contributed by atoms with van der Waals surface area (Å²) in [6, 6.07) is -0.614. The van der Waals surface area contributed by atoms with E-state index in [1.165, 1.54) is 7.11 Å². The highest BCUT2D eigenvalue weighted by Crippen LogP contribution is 2.08. The van der Waals surface area contributed by atoms with Crippen LogP contribution in [0.4, 0.5) is 0 Å². The van der Waals surface area contributed by atoms with Crippen molar-refractivity contribution < 1.29 is 14.3 Å². The molecule has 1 unspecified atom stereocenters. The van der Waals surface area contributed by atoms with Crippen molar-refractivity contribution in [2.45, 2.75) is 26.3 Å². The lowest BCUT2D eigenvalue weighted by Crippen LogP contribution is -2.47. The molecule has 1 fully saturated rings. The number of methoxy groups -OCH3 is 1. The van der Waals surface area contributed by atoms with Crippen molar-refractivity contribution in [3.05, 3.63) is 0 Å². The van der Waals surface area contributed by atoms with E-state index in [2.05, 4.69) is 0 Å². The molecule has 1 aliphatic rings. The molecular weight excluding hydrogens is 246 g/mol. The molecular formula is C13H25N3O3. The molecule has 6 heteroatoms. The smallest absolute Gasteiger partial charge is 0.241 e. The molecule has 110 valence electrons. The Bertz CT molecular complexity index is 320. The maximum absolute atomic E-state index is 12.1. The molecule has 0 bridgehead atoms. The van der Waals surface area contributed by atoms with Gasteiger partial charge in [0.25, 0.3) is 0 Å². The van der Waals surface area contributed by atoms with Crippen LogP contribution in [0.3, 0.4) is 0 Å². The molecule has 1 aliphatic heterocycles. The highest BCUT2D eigenvalue weighted by atomic mass is 16.5. The Morgan fingerprint density at radius 3 is 2.11 bits per heavy atom. The third-order valence-corrected chi connectivity index (χ3v) is 3.28. The van der Waals surface area contributed by atoms with Crippen molar-refractivity contribution in [2.75, 3.05) is 39.9 Å². The summed E-state index contributed by atoms with van der Waals surface area (Å²) in [6.07, 6.45) is 0.796. The van der Waals surface area contributed by atoms with Crippen LogP contribution in [0.2, 0.25) is 0 Å². The molecule has 19 heavy (non-hydrogen) atoms. The summed E-state index contributed by atoms with van der Waals surface area (Å²) in [5.74, 6) is 0.0502. The van der Waals surface area contributed by atoms with Gasteiger partial charge in [0, 0.05) is 39.2 Å². The standard InChI is InChI=1S/C13H25N3O3/c1-10(2)12(17)15-5-4-6-16(8-7-15)13(18)11(14)9-19-3/h10-11H,4-9,14H2,1-3H3. The van der Waals surface area contributed by atoms with Crippen molar-refractivity contribution in [1.82, 2.24) is 9.80 Å². The van der Waals surface area contributed by atoms with E-state index in [1.54, 1.807) is 4.90 Å². The number of carbonyl (C=O) groups excluding carboxylic acids is 2. The van der Waals surface area contributed by atoms with E-state index in [0.29, 0.717) is 26.2 Å². The van der Waals surface area contributed by atoms with Crippen LogP contribution in [-0.2, 0) is 14.3 Å². The molecule has 2 N–H and O–H groups in total. The third kappa shape index (κ3) is 4.47. The fourth-order valence-electron chi connectivity index (χ4n) is 2.21. The van der Waals surface area contributed by atoms with Gasteiger partial charge < -0.3 is 20.3 Å². The van der Waals surface area contributed by atoms with Gasteiger partial charge >= 0.3 is 0 Å². The van der Waals surface area contributed by atoms with E-state index in [1.807, 2.05) is 18.7 Å². The Kier molecular flexibility index (Phi) is 6.24. The summed E-state index contributed by atoms with van der Waals surface area (Å²) < 4.78 is 4.90. The molecule has 1 rings (SSSR count). The van der Waals surface area contributed by atoms with Gasteiger partial charge in [0.05, 0.1) is 6.61 Å². The molecule has 0 spiro atoms. The second kappa shape index (κ2) is 7.45. The van der Waals surface area contributed by atoms with E-state index >= 15 is 0 Å². The molecule has 1 heterocycles. The fourth-order valence-corrected chi connectivity index (χ4v) is 2.21. The maximum atomic E-state index is 12.1. The van der Waals surface area contributed by atoms with Crippen LogP contribution in [0.25, 0.3) is 0 Å². The zero-order valence-electron chi connectivity index (χ0n) is 12.1. The first kappa shape index (κ1) is 15.9. The summed E-state index contributed by atoms with van der Waals surface area (Å²) in [6.45, 7) is 6.51. The molecule has 1 atom stereocenters. The Morgan fingerprint density at radius 2 is 1.63 bits per heavy atom. The zero-order valence-corrected chi connectivity index (χ0v) is 12.1. The average molecular weight is 271 g/mol. The van der Waals surface area contributed by atoms with Crippen LogP contribution in [0, 0.1) is 5.92 Å². The lowest BCUT2D eigenvalue weighted by atomic mass is 10.2. The van der Waals surface area contributed by atoms with E-state index in [-0.39, 0.29) is 24.3 Å². The highest BCUT2D eigenvalue weighted by molar-refractivity contribution is 5.82. The Morgan fingerprint density at radius 1 is 1.11 bits per heavy atom. The number of amides is 2. The quantitative estimate of drug-likeness (QED) is 0.760. The van der Waals surface area contributed by atoms with Gasteiger partial charge in [0.1, 0.15) is 6.04 Å². The molecule has 0 aromatic heterocycles. The molecule has 0 aromatic carbocycles. The Labute approximate surface area is 114 Å². The predicted octanol–water partition coefficient (Wildman–Crippen LogP) is -0.323. The lowest BCUT2D eigenvalue weighted by molar-refractivity contribution is -0.136.